The molecule has 2 N–H and O–H groups in total. The minimum Gasteiger partial charge on any atom is -0.397 e. The van der Waals surface area contributed by atoms with Gasteiger partial charge in [0.1, 0.15) is 5.69 Å². The van der Waals surface area contributed by atoms with Crippen molar-refractivity contribution in [2.75, 3.05) is 19.3 Å². The number of carbonyl (C=O) groups is 1. The van der Waals surface area contributed by atoms with E-state index >= 15 is 0 Å². The molecule has 19 heavy (non-hydrogen) atoms. The fourth-order valence-electron chi connectivity index (χ4n) is 1.68. The summed E-state index contributed by atoms with van der Waals surface area (Å²) in [7, 11) is 1.77. The maximum atomic E-state index is 12.1. The van der Waals surface area contributed by atoms with Gasteiger partial charge in [0.2, 0.25) is 0 Å². The Morgan fingerprint density at radius 1 is 1.26 bits per heavy atom. The first-order valence-corrected chi connectivity index (χ1v) is 6.02. The molecule has 0 fully saturated rings. The number of carbonyl (C=O) groups excluding carboxylic acids is 1. The van der Waals surface area contributed by atoms with Crippen molar-refractivity contribution in [2.24, 2.45) is 0 Å². The molecule has 0 spiro atoms. The fraction of sp³-hybridized carbons (Fsp3) is 0.214. The van der Waals surface area contributed by atoms with E-state index in [4.69, 9.17) is 5.73 Å². The van der Waals surface area contributed by atoms with Gasteiger partial charge in [0.25, 0.3) is 5.91 Å². The maximum Gasteiger partial charge on any atom is 0.272 e. The highest BCUT2D eigenvalue weighted by Crippen LogP contribution is 2.05. The number of aromatic nitrogens is 2. The van der Waals surface area contributed by atoms with Crippen LogP contribution in [0, 0.1) is 0 Å². The van der Waals surface area contributed by atoms with Crippen molar-refractivity contribution in [2.45, 2.75) is 6.42 Å². The lowest BCUT2D eigenvalue weighted by Crippen LogP contribution is -2.29. The first-order valence-electron chi connectivity index (χ1n) is 6.02. The molecule has 0 atom stereocenters. The highest BCUT2D eigenvalue weighted by atomic mass is 16.2. The van der Waals surface area contributed by atoms with Crippen LogP contribution < -0.4 is 5.73 Å². The minimum atomic E-state index is -0.103. The number of hydrogen-bond acceptors (Lipinski definition) is 4. The summed E-state index contributed by atoms with van der Waals surface area (Å²) in [5.74, 6) is -0.103. The molecule has 1 amide bonds. The quantitative estimate of drug-likeness (QED) is 0.896. The molecule has 0 bridgehead atoms. The van der Waals surface area contributed by atoms with Gasteiger partial charge in [0.05, 0.1) is 11.9 Å². The minimum absolute atomic E-state index is 0.103. The van der Waals surface area contributed by atoms with E-state index in [0.29, 0.717) is 17.9 Å². The van der Waals surface area contributed by atoms with Gasteiger partial charge in [0, 0.05) is 26.0 Å². The van der Waals surface area contributed by atoms with Crippen LogP contribution in [0.3, 0.4) is 0 Å². The van der Waals surface area contributed by atoms with Crippen LogP contribution in [-0.4, -0.2) is 34.4 Å². The molecule has 0 saturated heterocycles. The Hall–Kier alpha value is -2.43. The lowest BCUT2D eigenvalue weighted by atomic mass is 10.2. The molecular formula is C14H16N4O. The van der Waals surface area contributed by atoms with E-state index in [-0.39, 0.29) is 5.91 Å². The standard InChI is InChI=1S/C14H16N4O/c1-18(9-6-11-4-7-16-8-5-11)14(19)13-3-2-12(15)10-17-13/h2-5,7-8,10H,6,9,15H2,1H3. The third-order valence-electron chi connectivity index (χ3n) is 2.84. The van der Waals surface area contributed by atoms with E-state index in [1.165, 1.54) is 6.20 Å². The van der Waals surface area contributed by atoms with Crippen LogP contribution in [0.2, 0.25) is 0 Å². The maximum absolute atomic E-state index is 12.1. The summed E-state index contributed by atoms with van der Waals surface area (Å²) >= 11 is 0. The molecule has 0 saturated carbocycles. The number of likely N-dealkylation sites (N-methyl/N-ethyl adjacent to an activating group) is 1. The summed E-state index contributed by atoms with van der Waals surface area (Å²) in [4.78, 5) is 21.7. The highest BCUT2D eigenvalue weighted by molar-refractivity contribution is 5.92. The summed E-state index contributed by atoms with van der Waals surface area (Å²) in [5, 5.41) is 0. The molecule has 0 aliphatic rings. The molecule has 98 valence electrons. The average molecular weight is 256 g/mol. The third-order valence-corrected chi connectivity index (χ3v) is 2.84. The molecule has 2 aromatic rings. The number of nitrogens with zero attached hydrogens (tertiary/aromatic N) is 3. The van der Waals surface area contributed by atoms with Crippen LogP contribution in [0.1, 0.15) is 16.1 Å². The van der Waals surface area contributed by atoms with E-state index in [9.17, 15) is 4.79 Å². The van der Waals surface area contributed by atoms with Gasteiger partial charge in [-0.3, -0.25) is 9.78 Å². The Labute approximate surface area is 112 Å². The smallest absolute Gasteiger partial charge is 0.272 e. The number of nitrogens with two attached hydrogens (primary N) is 1. The number of anilines is 1. The SMILES string of the molecule is CN(CCc1ccncc1)C(=O)c1ccc(N)cn1. The predicted molar refractivity (Wildman–Crippen MR) is 73.6 cm³/mol. The summed E-state index contributed by atoms with van der Waals surface area (Å²) in [5.41, 5.74) is 7.66. The highest BCUT2D eigenvalue weighted by Gasteiger charge is 2.12. The van der Waals surface area contributed by atoms with Gasteiger partial charge in [-0.15, -0.1) is 0 Å². The normalized spacial score (nSPS) is 10.2. The Morgan fingerprint density at radius 2 is 2.00 bits per heavy atom. The monoisotopic (exact) mass is 256 g/mol. The van der Waals surface area contributed by atoms with Crippen molar-refractivity contribution in [3.8, 4) is 0 Å². The predicted octanol–water partition coefficient (Wildman–Crippen LogP) is 1.37. The third kappa shape index (κ3) is 3.51. The zero-order valence-electron chi connectivity index (χ0n) is 10.8. The molecule has 0 unspecified atom stereocenters. The van der Waals surface area contributed by atoms with Gasteiger partial charge < -0.3 is 10.6 Å². The largest absolute Gasteiger partial charge is 0.397 e. The van der Waals surface area contributed by atoms with Crippen LogP contribution in [0.4, 0.5) is 5.69 Å². The number of hydrogen-bond donors (Lipinski definition) is 1. The van der Waals surface area contributed by atoms with Crippen LogP contribution in [0.25, 0.3) is 0 Å². The molecule has 2 aromatic heterocycles. The van der Waals surface area contributed by atoms with Gasteiger partial charge in [0.15, 0.2) is 0 Å². The molecule has 0 aromatic carbocycles. The Kier molecular flexibility index (Phi) is 4.07. The first kappa shape index (κ1) is 13.0. The van der Waals surface area contributed by atoms with Crippen LogP contribution in [0.5, 0.6) is 0 Å². The van der Waals surface area contributed by atoms with Crippen molar-refractivity contribution in [1.29, 1.82) is 0 Å². The van der Waals surface area contributed by atoms with E-state index in [1.807, 2.05) is 12.1 Å². The molecule has 5 heteroatoms. The second-order valence-electron chi connectivity index (χ2n) is 4.31. The van der Waals surface area contributed by atoms with Gasteiger partial charge in [-0.25, -0.2) is 4.98 Å². The summed E-state index contributed by atoms with van der Waals surface area (Å²) < 4.78 is 0. The van der Waals surface area contributed by atoms with Crippen LogP contribution >= 0.6 is 0 Å². The van der Waals surface area contributed by atoms with E-state index in [2.05, 4.69) is 9.97 Å². The van der Waals surface area contributed by atoms with Crippen molar-refractivity contribution in [3.05, 3.63) is 54.1 Å². The zero-order chi connectivity index (χ0) is 13.7. The summed E-state index contributed by atoms with van der Waals surface area (Å²) in [6, 6.07) is 7.21. The first-order chi connectivity index (χ1) is 9.16. The Morgan fingerprint density at radius 3 is 2.63 bits per heavy atom. The number of nitrogen functional groups attached to an aromatic ring is 1. The van der Waals surface area contributed by atoms with E-state index < -0.39 is 0 Å². The van der Waals surface area contributed by atoms with Crippen LogP contribution in [-0.2, 0) is 6.42 Å². The van der Waals surface area contributed by atoms with Gasteiger partial charge in [-0.1, -0.05) is 0 Å². The Bertz CT molecular complexity index is 539. The number of amides is 1. The van der Waals surface area contributed by atoms with E-state index in [0.717, 1.165) is 12.0 Å². The second kappa shape index (κ2) is 5.95. The molecule has 0 radical (unpaired) electrons. The lowest BCUT2D eigenvalue weighted by molar-refractivity contribution is 0.0791. The van der Waals surface area contributed by atoms with Crippen molar-refractivity contribution in [3.63, 3.8) is 0 Å². The molecule has 0 aliphatic heterocycles. The van der Waals surface area contributed by atoms with Gasteiger partial charge in [-0.2, -0.15) is 0 Å². The molecule has 5 nitrogen and oxygen atoms in total. The van der Waals surface area contributed by atoms with Crippen molar-refractivity contribution < 1.29 is 4.79 Å². The van der Waals surface area contributed by atoms with Crippen molar-refractivity contribution in [1.82, 2.24) is 14.9 Å². The zero-order valence-corrected chi connectivity index (χ0v) is 10.8. The second-order valence-corrected chi connectivity index (χ2v) is 4.31. The average Bonchev–Trinajstić information content (AvgIpc) is 2.46. The fourth-order valence-corrected chi connectivity index (χ4v) is 1.68. The lowest BCUT2D eigenvalue weighted by Gasteiger charge is -2.16. The van der Waals surface area contributed by atoms with E-state index in [1.54, 1.807) is 36.5 Å². The van der Waals surface area contributed by atoms with Crippen molar-refractivity contribution >= 4 is 11.6 Å². The van der Waals surface area contributed by atoms with Gasteiger partial charge in [-0.05, 0) is 36.2 Å². The van der Waals surface area contributed by atoms with Crippen LogP contribution in [0.15, 0.2) is 42.9 Å². The molecule has 2 heterocycles. The Balaban J connectivity index is 1.94. The van der Waals surface area contributed by atoms with Gasteiger partial charge >= 0.3 is 0 Å². The number of pyridine rings is 2. The topological polar surface area (TPSA) is 72.1 Å². The molecular weight excluding hydrogens is 240 g/mol. The molecule has 2 rings (SSSR count). The summed E-state index contributed by atoms with van der Waals surface area (Å²) in [6.07, 6.45) is 5.78. The number of rotatable bonds is 4. The molecule has 0 aliphatic carbocycles. The summed E-state index contributed by atoms with van der Waals surface area (Å²) in [6.45, 7) is 0.634.